The van der Waals surface area contributed by atoms with Gasteiger partial charge in [-0.3, -0.25) is 10.1 Å². The molecule has 2 aromatic rings. The van der Waals surface area contributed by atoms with Crippen LogP contribution in [0.2, 0.25) is 0 Å². The molecule has 100 valence electrons. The molecule has 2 rings (SSSR count). The van der Waals surface area contributed by atoms with E-state index < -0.39 is 23.9 Å². The van der Waals surface area contributed by atoms with Crippen molar-refractivity contribution >= 4 is 11.9 Å². The molecule has 0 spiro atoms. The highest BCUT2D eigenvalue weighted by molar-refractivity contribution is 6.05. The van der Waals surface area contributed by atoms with Crippen molar-refractivity contribution in [1.82, 2.24) is 10.1 Å². The number of aromatic hydroxyl groups is 1. The van der Waals surface area contributed by atoms with Crippen molar-refractivity contribution in [3.63, 3.8) is 0 Å². The molecule has 0 radical (unpaired) electrons. The number of rotatable bonds is 2. The number of hydrogen-bond donors (Lipinski definition) is 2. The highest BCUT2D eigenvalue weighted by atomic mass is 19.4. The van der Waals surface area contributed by atoms with Gasteiger partial charge in [-0.2, -0.15) is 18.2 Å². The SMILES string of the molecule is O=C(Nc1nc(C(F)(F)F)no1)c1ccccc1O. The number of halogens is 3. The maximum Gasteiger partial charge on any atom is 0.455 e. The van der Waals surface area contributed by atoms with Gasteiger partial charge in [0.15, 0.2) is 0 Å². The molecular weight excluding hydrogens is 267 g/mol. The van der Waals surface area contributed by atoms with Gasteiger partial charge in [0.25, 0.3) is 11.7 Å². The topological polar surface area (TPSA) is 88.3 Å². The monoisotopic (exact) mass is 273 g/mol. The van der Waals surface area contributed by atoms with Gasteiger partial charge in [0.05, 0.1) is 5.56 Å². The summed E-state index contributed by atoms with van der Waals surface area (Å²) < 4.78 is 40.8. The van der Waals surface area contributed by atoms with Gasteiger partial charge in [-0.25, -0.2) is 0 Å². The fraction of sp³-hybridized carbons (Fsp3) is 0.100. The molecule has 0 unspecified atom stereocenters. The van der Waals surface area contributed by atoms with E-state index in [0.717, 1.165) is 0 Å². The summed E-state index contributed by atoms with van der Waals surface area (Å²) in [6, 6.07) is 4.79. The van der Waals surface area contributed by atoms with Crippen molar-refractivity contribution in [2.45, 2.75) is 6.18 Å². The molecule has 0 atom stereocenters. The van der Waals surface area contributed by atoms with Crippen LogP contribution in [-0.2, 0) is 6.18 Å². The van der Waals surface area contributed by atoms with Crippen LogP contribution >= 0.6 is 0 Å². The number of phenolic OH excluding ortho intramolecular Hbond substituents is 1. The van der Waals surface area contributed by atoms with Crippen molar-refractivity contribution in [2.75, 3.05) is 5.32 Å². The summed E-state index contributed by atoms with van der Waals surface area (Å²) in [5.41, 5.74) is -0.130. The van der Waals surface area contributed by atoms with Crippen molar-refractivity contribution < 1.29 is 27.6 Å². The summed E-state index contributed by atoms with van der Waals surface area (Å²) in [5, 5.41) is 14.0. The molecule has 1 heterocycles. The molecule has 0 saturated carbocycles. The van der Waals surface area contributed by atoms with E-state index in [9.17, 15) is 23.1 Å². The minimum Gasteiger partial charge on any atom is -0.507 e. The molecule has 2 N–H and O–H groups in total. The van der Waals surface area contributed by atoms with E-state index in [1.54, 1.807) is 0 Å². The van der Waals surface area contributed by atoms with E-state index >= 15 is 0 Å². The zero-order valence-corrected chi connectivity index (χ0v) is 9.10. The van der Waals surface area contributed by atoms with Crippen LogP contribution in [0.4, 0.5) is 19.2 Å². The Morgan fingerprint density at radius 1 is 1.32 bits per heavy atom. The Kier molecular flexibility index (Phi) is 3.11. The molecule has 1 aromatic heterocycles. The fourth-order valence-corrected chi connectivity index (χ4v) is 1.22. The normalized spacial score (nSPS) is 11.3. The molecule has 9 heteroatoms. The molecule has 0 aliphatic carbocycles. The number of benzene rings is 1. The summed E-state index contributed by atoms with van der Waals surface area (Å²) in [4.78, 5) is 14.6. The minimum absolute atomic E-state index is 0.130. The number of nitrogens with one attached hydrogen (secondary N) is 1. The van der Waals surface area contributed by atoms with E-state index in [0.29, 0.717) is 0 Å². The Bertz CT molecular complexity index is 609. The Labute approximate surface area is 103 Å². The van der Waals surface area contributed by atoms with Crippen LogP contribution in [0.5, 0.6) is 5.75 Å². The molecule has 0 bridgehead atoms. The number of alkyl halides is 3. The summed E-state index contributed by atoms with van der Waals surface area (Å²) in [7, 11) is 0. The van der Waals surface area contributed by atoms with Crippen molar-refractivity contribution in [2.24, 2.45) is 0 Å². The van der Waals surface area contributed by atoms with Crippen molar-refractivity contribution in [3.8, 4) is 5.75 Å². The van der Waals surface area contributed by atoms with Crippen LogP contribution in [0.1, 0.15) is 16.2 Å². The lowest BCUT2D eigenvalue weighted by molar-refractivity contribution is -0.146. The predicted molar refractivity (Wildman–Crippen MR) is 55.4 cm³/mol. The average Bonchev–Trinajstić information content (AvgIpc) is 2.77. The highest BCUT2D eigenvalue weighted by Crippen LogP contribution is 2.27. The number of hydrogen-bond acceptors (Lipinski definition) is 5. The summed E-state index contributed by atoms with van der Waals surface area (Å²) in [6.07, 6.45) is -4.76. The predicted octanol–water partition coefficient (Wildman–Crippen LogP) is 2.05. The van der Waals surface area contributed by atoms with Gasteiger partial charge in [0.1, 0.15) is 5.75 Å². The summed E-state index contributed by atoms with van der Waals surface area (Å²) in [6.45, 7) is 0. The molecule has 1 aromatic carbocycles. The number of para-hydroxylation sites is 1. The Balaban J connectivity index is 2.16. The Hall–Kier alpha value is -2.58. The van der Waals surface area contributed by atoms with Crippen LogP contribution in [0.25, 0.3) is 0 Å². The largest absolute Gasteiger partial charge is 0.507 e. The lowest BCUT2D eigenvalue weighted by Gasteiger charge is -2.02. The number of carbonyl (C=O) groups is 1. The Morgan fingerprint density at radius 2 is 2.00 bits per heavy atom. The Morgan fingerprint density at radius 3 is 2.58 bits per heavy atom. The number of amides is 1. The van der Waals surface area contributed by atoms with Gasteiger partial charge < -0.3 is 9.63 Å². The average molecular weight is 273 g/mol. The zero-order chi connectivity index (χ0) is 14.0. The third-order valence-electron chi connectivity index (χ3n) is 2.05. The first-order valence-corrected chi connectivity index (χ1v) is 4.88. The van der Waals surface area contributed by atoms with Crippen LogP contribution in [0.3, 0.4) is 0 Å². The molecule has 0 aliphatic heterocycles. The number of phenols is 1. The second-order valence-electron chi connectivity index (χ2n) is 3.39. The fourth-order valence-electron chi connectivity index (χ4n) is 1.22. The number of nitrogens with zero attached hydrogens (tertiary/aromatic N) is 2. The smallest absolute Gasteiger partial charge is 0.455 e. The molecule has 0 saturated heterocycles. The maximum atomic E-state index is 12.2. The lowest BCUT2D eigenvalue weighted by atomic mass is 10.2. The van der Waals surface area contributed by atoms with Gasteiger partial charge >= 0.3 is 12.2 Å². The zero-order valence-electron chi connectivity index (χ0n) is 9.10. The molecule has 1 amide bonds. The van der Waals surface area contributed by atoms with Gasteiger partial charge in [-0.1, -0.05) is 12.1 Å². The molecule has 0 fully saturated rings. The lowest BCUT2D eigenvalue weighted by Crippen LogP contribution is -2.13. The molecule has 19 heavy (non-hydrogen) atoms. The number of carbonyl (C=O) groups excluding carboxylic acids is 1. The third-order valence-corrected chi connectivity index (χ3v) is 2.05. The highest BCUT2D eigenvalue weighted by Gasteiger charge is 2.37. The quantitative estimate of drug-likeness (QED) is 0.874. The number of anilines is 1. The summed E-state index contributed by atoms with van der Waals surface area (Å²) >= 11 is 0. The second-order valence-corrected chi connectivity index (χ2v) is 3.39. The van der Waals surface area contributed by atoms with E-state index in [2.05, 4.69) is 14.7 Å². The molecule has 6 nitrogen and oxygen atoms in total. The van der Waals surface area contributed by atoms with E-state index in [1.807, 2.05) is 5.32 Å². The summed E-state index contributed by atoms with van der Waals surface area (Å²) in [5.74, 6) is -2.69. The van der Waals surface area contributed by atoms with Crippen molar-refractivity contribution in [1.29, 1.82) is 0 Å². The first-order valence-electron chi connectivity index (χ1n) is 4.88. The maximum absolute atomic E-state index is 12.2. The first kappa shape index (κ1) is 12.9. The van der Waals surface area contributed by atoms with E-state index in [-0.39, 0.29) is 11.3 Å². The van der Waals surface area contributed by atoms with Gasteiger partial charge in [0.2, 0.25) is 0 Å². The first-order chi connectivity index (χ1) is 8.88. The minimum atomic E-state index is -4.76. The van der Waals surface area contributed by atoms with Crippen LogP contribution in [0, 0.1) is 0 Å². The van der Waals surface area contributed by atoms with Gasteiger partial charge in [-0.05, 0) is 17.3 Å². The second kappa shape index (κ2) is 4.59. The molecule has 0 aliphatic rings. The van der Waals surface area contributed by atoms with E-state index in [1.165, 1.54) is 24.3 Å². The van der Waals surface area contributed by atoms with E-state index in [4.69, 9.17) is 0 Å². The standard InChI is InChI=1S/C10H6F3N3O3/c11-10(12,13)8-15-9(19-16-8)14-7(18)5-3-1-2-4-6(5)17/h1-4,17H,(H,14,15,16,18). The molecular formula is C10H6F3N3O3. The van der Waals surface area contributed by atoms with Crippen LogP contribution in [0.15, 0.2) is 28.8 Å². The number of aromatic nitrogens is 2. The van der Waals surface area contributed by atoms with Crippen LogP contribution < -0.4 is 5.32 Å². The van der Waals surface area contributed by atoms with Gasteiger partial charge in [-0.15, -0.1) is 0 Å². The van der Waals surface area contributed by atoms with Gasteiger partial charge in [0, 0.05) is 0 Å². The van der Waals surface area contributed by atoms with Crippen molar-refractivity contribution in [3.05, 3.63) is 35.7 Å². The van der Waals surface area contributed by atoms with Crippen LogP contribution in [-0.4, -0.2) is 21.2 Å². The third kappa shape index (κ3) is 2.81.